The molecular weight excluding hydrogens is 354 g/mol. The molecule has 0 radical (unpaired) electrons. The van der Waals surface area contributed by atoms with Gasteiger partial charge in [-0.05, 0) is 57.3 Å². The molecule has 28 heavy (non-hydrogen) atoms. The minimum Gasteiger partial charge on any atom is -0.444 e. The van der Waals surface area contributed by atoms with Gasteiger partial charge in [0.15, 0.2) is 5.78 Å². The largest absolute Gasteiger partial charge is 0.444 e. The summed E-state index contributed by atoms with van der Waals surface area (Å²) in [6.45, 7) is 7.15. The van der Waals surface area contributed by atoms with Crippen molar-refractivity contribution in [3.05, 3.63) is 46.3 Å². The molecule has 0 heterocycles. The Hall–Kier alpha value is -2.50. The summed E-state index contributed by atoms with van der Waals surface area (Å²) in [5.41, 5.74) is 14.6. The Morgan fingerprint density at radius 1 is 1.07 bits per heavy atom. The lowest BCUT2D eigenvalue weighted by Crippen LogP contribution is -2.36. The van der Waals surface area contributed by atoms with Crippen molar-refractivity contribution in [3.8, 4) is 0 Å². The van der Waals surface area contributed by atoms with E-state index in [1.807, 2.05) is 19.9 Å². The Morgan fingerprint density at radius 2 is 1.68 bits per heavy atom. The second-order valence-electron chi connectivity index (χ2n) is 7.36. The molecule has 1 rings (SSSR count). The Kier molecular flexibility index (Phi) is 9.56. The maximum atomic E-state index is 12.7. The van der Waals surface area contributed by atoms with Crippen LogP contribution in [-0.4, -0.2) is 36.5 Å². The van der Waals surface area contributed by atoms with Crippen molar-refractivity contribution >= 4 is 11.9 Å². The van der Waals surface area contributed by atoms with Gasteiger partial charge < -0.3 is 21.1 Å². The third-order valence-electron chi connectivity index (χ3n) is 5.09. The lowest BCUT2D eigenvalue weighted by Gasteiger charge is -2.23. The van der Waals surface area contributed by atoms with Crippen molar-refractivity contribution in [3.63, 3.8) is 0 Å². The van der Waals surface area contributed by atoms with E-state index in [9.17, 15) is 9.59 Å². The average Bonchev–Trinajstić information content (AvgIpc) is 3.19. The molecule has 1 aliphatic carbocycles. The number of ketones is 1. The summed E-state index contributed by atoms with van der Waals surface area (Å²) >= 11 is 0. The molecule has 0 unspecified atom stereocenters. The summed E-state index contributed by atoms with van der Waals surface area (Å²) < 4.78 is 5.36. The fraction of sp³-hybridized carbons (Fsp3) is 0.545. The molecule has 0 bridgehead atoms. The molecular formula is C22H35N3O3. The van der Waals surface area contributed by atoms with E-state index in [0.717, 1.165) is 37.7 Å². The number of carbonyl (C=O) groups excluding carboxylic acids is 2. The van der Waals surface area contributed by atoms with E-state index in [2.05, 4.69) is 0 Å². The highest BCUT2D eigenvalue weighted by Gasteiger charge is 2.25. The van der Waals surface area contributed by atoms with E-state index < -0.39 is 6.09 Å². The van der Waals surface area contributed by atoms with E-state index in [1.165, 1.54) is 0 Å². The topological polar surface area (TPSA) is 98.7 Å². The number of amides is 1. The van der Waals surface area contributed by atoms with Gasteiger partial charge in [-0.1, -0.05) is 31.9 Å². The summed E-state index contributed by atoms with van der Waals surface area (Å²) in [5, 5.41) is 0. The fourth-order valence-electron chi connectivity index (χ4n) is 3.12. The molecule has 1 saturated carbocycles. The molecule has 0 saturated heterocycles. The summed E-state index contributed by atoms with van der Waals surface area (Å²) in [5.74, 6) is -0.252. The Morgan fingerprint density at radius 3 is 2.21 bits per heavy atom. The van der Waals surface area contributed by atoms with Gasteiger partial charge in [-0.2, -0.15) is 0 Å². The first-order valence-corrected chi connectivity index (χ1v) is 9.89. The molecule has 6 heteroatoms. The van der Waals surface area contributed by atoms with Gasteiger partial charge in [-0.3, -0.25) is 4.79 Å². The van der Waals surface area contributed by atoms with Crippen LogP contribution in [0.1, 0.15) is 59.8 Å². The molecule has 0 aromatic heterocycles. The molecule has 4 N–H and O–H groups in total. The zero-order valence-corrected chi connectivity index (χ0v) is 17.9. The molecule has 1 amide bonds. The number of hydrogen-bond donors (Lipinski definition) is 2. The molecule has 1 fully saturated rings. The van der Waals surface area contributed by atoms with Crippen molar-refractivity contribution in [2.24, 2.45) is 11.5 Å². The molecule has 1 aliphatic rings. The number of carbonyl (C=O) groups is 2. The lowest BCUT2D eigenvalue weighted by atomic mass is 10.0. The Bertz CT molecular complexity index is 692. The molecule has 156 valence electrons. The molecule has 0 aliphatic heterocycles. The fourth-order valence-corrected chi connectivity index (χ4v) is 3.12. The van der Waals surface area contributed by atoms with Crippen LogP contribution in [-0.2, 0) is 9.53 Å². The van der Waals surface area contributed by atoms with Gasteiger partial charge in [0.1, 0.15) is 6.61 Å². The van der Waals surface area contributed by atoms with Gasteiger partial charge >= 0.3 is 6.09 Å². The third-order valence-corrected chi connectivity index (χ3v) is 5.09. The van der Waals surface area contributed by atoms with Crippen molar-refractivity contribution in [2.45, 2.75) is 65.8 Å². The standard InChI is InChI=1S/C22H35N3O3/c1-6-9-15(2)20(24)13-12-16(3)21(26)19(17(4)23)14-28-22(27)25(5)18-10-7-8-11-18/h9,12-13,18H,6-8,10-11,14,23-24H2,1-5H3/b15-9+,16-12+,19-17-,20-13+. The first-order chi connectivity index (χ1) is 13.2. The van der Waals surface area contributed by atoms with E-state index >= 15 is 0 Å². The molecule has 6 nitrogen and oxygen atoms in total. The predicted octanol–water partition coefficient (Wildman–Crippen LogP) is 3.94. The molecule has 0 aromatic rings. The zero-order chi connectivity index (χ0) is 21.3. The smallest absolute Gasteiger partial charge is 0.410 e. The van der Waals surface area contributed by atoms with Crippen LogP contribution in [0, 0.1) is 0 Å². The summed E-state index contributed by atoms with van der Waals surface area (Å²) in [7, 11) is 1.74. The second-order valence-corrected chi connectivity index (χ2v) is 7.36. The number of Topliss-reactive ketones (excluding diaryl/α,β-unsaturated/α-hetero) is 1. The minimum absolute atomic E-state index is 0.143. The minimum atomic E-state index is -0.426. The van der Waals surface area contributed by atoms with Gasteiger partial charge in [0.25, 0.3) is 0 Å². The molecule has 0 atom stereocenters. The van der Waals surface area contributed by atoms with Crippen LogP contribution >= 0.6 is 0 Å². The summed E-state index contributed by atoms with van der Waals surface area (Å²) in [4.78, 5) is 26.6. The van der Waals surface area contributed by atoms with Gasteiger partial charge in [0.2, 0.25) is 0 Å². The SMILES string of the molecule is CC/C=C(C)/C(N)=C\C=C(/C)C(=O)/C(COC(=O)N(C)C1CCCC1)=C(/C)N. The maximum Gasteiger partial charge on any atom is 0.410 e. The highest BCUT2D eigenvalue weighted by Crippen LogP contribution is 2.23. The predicted molar refractivity (Wildman–Crippen MR) is 113 cm³/mol. The number of allylic oxidation sites excluding steroid dienone is 6. The number of hydrogen-bond acceptors (Lipinski definition) is 5. The highest BCUT2D eigenvalue weighted by atomic mass is 16.6. The van der Waals surface area contributed by atoms with E-state index in [1.54, 1.807) is 37.9 Å². The van der Waals surface area contributed by atoms with Crippen molar-refractivity contribution in [1.29, 1.82) is 0 Å². The van der Waals surface area contributed by atoms with Gasteiger partial charge in [-0.25, -0.2) is 4.79 Å². The highest BCUT2D eigenvalue weighted by molar-refractivity contribution is 6.08. The van der Waals surface area contributed by atoms with Crippen LogP contribution in [0.3, 0.4) is 0 Å². The van der Waals surface area contributed by atoms with Gasteiger partial charge in [0, 0.05) is 24.5 Å². The molecule has 0 spiro atoms. The van der Waals surface area contributed by atoms with Crippen LogP contribution in [0.15, 0.2) is 46.3 Å². The summed E-state index contributed by atoms with van der Waals surface area (Å²) in [6, 6.07) is 0.212. The Balaban J connectivity index is 2.79. The first kappa shape index (κ1) is 23.5. The van der Waals surface area contributed by atoms with Crippen molar-refractivity contribution < 1.29 is 14.3 Å². The third kappa shape index (κ3) is 6.91. The van der Waals surface area contributed by atoms with E-state index in [4.69, 9.17) is 16.2 Å². The van der Waals surface area contributed by atoms with Crippen LogP contribution in [0.5, 0.6) is 0 Å². The van der Waals surface area contributed by atoms with Crippen LogP contribution in [0.4, 0.5) is 4.79 Å². The van der Waals surface area contributed by atoms with Crippen LogP contribution < -0.4 is 11.5 Å². The first-order valence-electron chi connectivity index (χ1n) is 9.89. The second kappa shape index (κ2) is 11.4. The van der Waals surface area contributed by atoms with E-state index in [0.29, 0.717) is 17.0 Å². The van der Waals surface area contributed by atoms with E-state index in [-0.39, 0.29) is 24.0 Å². The van der Waals surface area contributed by atoms with Crippen molar-refractivity contribution in [1.82, 2.24) is 4.90 Å². The number of nitrogens with two attached hydrogens (primary N) is 2. The number of ether oxygens (including phenoxy) is 1. The monoisotopic (exact) mass is 389 g/mol. The average molecular weight is 390 g/mol. The zero-order valence-electron chi connectivity index (χ0n) is 17.9. The van der Waals surface area contributed by atoms with Crippen LogP contribution in [0.2, 0.25) is 0 Å². The van der Waals surface area contributed by atoms with Crippen molar-refractivity contribution in [2.75, 3.05) is 13.7 Å². The maximum absolute atomic E-state index is 12.7. The molecule has 0 aromatic carbocycles. The Labute approximate surface area is 169 Å². The number of rotatable bonds is 8. The quantitative estimate of drug-likeness (QED) is 0.484. The van der Waals surface area contributed by atoms with Crippen LogP contribution in [0.25, 0.3) is 0 Å². The number of nitrogens with zero attached hydrogens (tertiary/aromatic N) is 1. The van der Waals surface area contributed by atoms with Gasteiger partial charge in [-0.15, -0.1) is 0 Å². The normalized spacial score (nSPS) is 17.4. The summed E-state index contributed by atoms with van der Waals surface area (Å²) in [6.07, 6.45) is 10.1. The van der Waals surface area contributed by atoms with Gasteiger partial charge in [0.05, 0.1) is 5.57 Å². The lowest BCUT2D eigenvalue weighted by molar-refractivity contribution is -0.112.